The molecule has 0 bridgehead atoms. The highest BCUT2D eigenvalue weighted by Gasteiger charge is 2.29. The Bertz CT molecular complexity index is 1140. The zero-order chi connectivity index (χ0) is 25.2. The molecule has 0 heterocycles. The quantitative estimate of drug-likeness (QED) is 0.598. The summed E-state index contributed by atoms with van der Waals surface area (Å²) in [5, 5.41) is 7.01. The summed E-state index contributed by atoms with van der Waals surface area (Å²) in [5.74, 6) is 0. The Morgan fingerprint density at radius 3 is 1.34 bits per heavy atom. The molecule has 0 atom stereocenters. The highest BCUT2D eigenvalue weighted by Crippen LogP contribution is 2.15. The molecule has 0 radical (unpaired) electrons. The summed E-state index contributed by atoms with van der Waals surface area (Å²) < 4.78 is 50.2. The third-order valence-corrected chi connectivity index (χ3v) is 11.7. The van der Waals surface area contributed by atoms with E-state index in [1.165, 1.54) is 0 Å². The Morgan fingerprint density at radius 1 is 0.688 bits per heavy atom. The van der Waals surface area contributed by atoms with Gasteiger partial charge in [0, 0.05) is 5.54 Å². The summed E-state index contributed by atoms with van der Waals surface area (Å²) in [6, 6.07) is 14.3. The van der Waals surface area contributed by atoms with Crippen molar-refractivity contribution >= 4 is 46.6 Å². The molecular formula is C22H38N2O4S2Si2. The number of hydrogen-bond acceptors (Lipinski definition) is 4. The first-order valence-electron chi connectivity index (χ1n) is 10.4. The molecule has 0 saturated heterocycles. The van der Waals surface area contributed by atoms with Crippen LogP contribution in [0.4, 0.5) is 0 Å². The van der Waals surface area contributed by atoms with Crippen LogP contribution in [-0.2, 0) is 20.0 Å². The summed E-state index contributed by atoms with van der Waals surface area (Å²) in [5.41, 5.74) is -0.467. The maximum atomic E-state index is 12.4. The van der Waals surface area contributed by atoms with Crippen LogP contribution in [0.25, 0.3) is 0 Å². The Labute approximate surface area is 196 Å². The minimum atomic E-state index is -3.58. The van der Waals surface area contributed by atoms with E-state index in [0.29, 0.717) is 4.90 Å². The monoisotopic (exact) mass is 514 g/mol. The zero-order valence-corrected chi connectivity index (χ0v) is 24.3. The maximum absolute atomic E-state index is 12.4. The van der Waals surface area contributed by atoms with Crippen molar-refractivity contribution < 1.29 is 16.8 Å². The fourth-order valence-corrected chi connectivity index (χ4v) is 10.8. The number of hydrogen-bond donors (Lipinski definition) is 2. The molecule has 32 heavy (non-hydrogen) atoms. The molecule has 2 aromatic carbocycles. The minimum Gasteiger partial charge on any atom is -0.225 e. The van der Waals surface area contributed by atoms with Gasteiger partial charge in [-0.2, -0.15) is 0 Å². The van der Waals surface area contributed by atoms with Crippen LogP contribution in [0.2, 0.25) is 39.3 Å². The van der Waals surface area contributed by atoms with Crippen molar-refractivity contribution in [3.63, 3.8) is 0 Å². The summed E-state index contributed by atoms with van der Waals surface area (Å²) in [6.45, 7) is 18.3. The standard InChI is InChI=1S/C13H23NO2SSi.C9H15NO2SSi/c1-13(2,3)14-17(15,16)11-9-7-8-10-12(11)18(4,5)6;1-14(2,3)9-7-5-4-6-8(9)13(10,11)12/h7-10,14H,1-6H3;4-7H,1-3H3,(H2,10,11,12). The van der Waals surface area contributed by atoms with Crippen molar-refractivity contribution in [2.24, 2.45) is 5.14 Å². The van der Waals surface area contributed by atoms with E-state index >= 15 is 0 Å². The smallest absolute Gasteiger partial charge is 0.225 e. The lowest BCUT2D eigenvalue weighted by Gasteiger charge is -2.25. The zero-order valence-electron chi connectivity index (χ0n) is 20.6. The molecule has 0 saturated carbocycles. The summed E-state index contributed by atoms with van der Waals surface area (Å²) in [4.78, 5) is 0.707. The molecule has 180 valence electrons. The normalized spacial score (nSPS) is 13.3. The second-order valence-electron chi connectivity index (χ2n) is 10.9. The first-order valence-corrected chi connectivity index (χ1v) is 20.4. The van der Waals surface area contributed by atoms with E-state index in [2.05, 4.69) is 44.0 Å². The number of rotatable bonds is 5. The van der Waals surface area contributed by atoms with Crippen molar-refractivity contribution in [3.05, 3.63) is 48.5 Å². The Hall–Kier alpha value is -1.31. The Kier molecular flexibility index (Phi) is 8.89. The molecule has 2 aromatic rings. The van der Waals surface area contributed by atoms with Gasteiger partial charge in [-0.3, -0.25) is 0 Å². The molecule has 0 aromatic heterocycles. The summed E-state index contributed by atoms with van der Waals surface area (Å²) in [7, 11) is -10.4. The van der Waals surface area contributed by atoms with Gasteiger partial charge in [0.05, 0.1) is 25.9 Å². The van der Waals surface area contributed by atoms with Gasteiger partial charge in [0.25, 0.3) is 0 Å². The van der Waals surface area contributed by atoms with Gasteiger partial charge in [-0.15, -0.1) is 0 Å². The van der Waals surface area contributed by atoms with Crippen LogP contribution in [0.5, 0.6) is 0 Å². The molecule has 0 aliphatic carbocycles. The predicted octanol–water partition coefficient (Wildman–Crippen LogP) is 3.19. The summed E-state index contributed by atoms with van der Waals surface area (Å²) >= 11 is 0. The van der Waals surface area contributed by atoms with E-state index in [-0.39, 0.29) is 4.90 Å². The fourth-order valence-electron chi connectivity index (χ4n) is 3.11. The molecule has 0 amide bonds. The van der Waals surface area contributed by atoms with Crippen molar-refractivity contribution in [2.75, 3.05) is 0 Å². The van der Waals surface area contributed by atoms with Gasteiger partial charge in [-0.05, 0) is 43.3 Å². The van der Waals surface area contributed by atoms with Gasteiger partial charge in [0.15, 0.2) is 0 Å². The third-order valence-electron chi connectivity index (χ3n) is 4.43. The molecule has 0 unspecified atom stereocenters. The SMILES string of the molecule is CC(C)(C)NS(=O)(=O)c1ccccc1[Si](C)(C)C.C[Si](C)(C)c1ccccc1S(N)(=O)=O. The van der Waals surface area contributed by atoms with Gasteiger partial charge in [-0.25, -0.2) is 26.7 Å². The van der Waals surface area contributed by atoms with Gasteiger partial charge >= 0.3 is 0 Å². The average molecular weight is 515 g/mol. The molecule has 0 aliphatic heterocycles. The molecule has 2 rings (SSSR count). The van der Waals surface area contributed by atoms with Crippen molar-refractivity contribution in [1.29, 1.82) is 0 Å². The van der Waals surface area contributed by atoms with Crippen LogP contribution in [0, 0.1) is 0 Å². The molecule has 0 aliphatic rings. The second kappa shape index (κ2) is 9.90. The van der Waals surface area contributed by atoms with Crippen LogP contribution in [0.3, 0.4) is 0 Å². The van der Waals surface area contributed by atoms with Crippen LogP contribution in [-0.4, -0.2) is 38.5 Å². The van der Waals surface area contributed by atoms with Crippen LogP contribution < -0.4 is 20.2 Å². The van der Waals surface area contributed by atoms with Crippen molar-refractivity contribution in [2.45, 2.75) is 75.4 Å². The minimum absolute atomic E-state index is 0.277. The van der Waals surface area contributed by atoms with Crippen LogP contribution in [0.15, 0.2) is 58.3 Å². The number of sulfonamides is 2. The topological polar surface area (TPSA) is 106 Å². The van der Waals surface area contributed by atoms with Gasteiger partial charge in [0.2, 0.25) is 20.0 Å². The van der Waals surface area contributed by atoms with Gasteiger partial charge in [0.1, 0.15) is 0 Å². The lowest BCUT2D eigenvalue weighted by Crippen LogP contribution is -2.46. The number of primary sulfonamides is 1. The summed E-state index contributed by atoms with van der Waals surface area (Å²) in [6.07, 6.45) is 0. The van der Waals surface area contributed by atoms with Gasteiger partial charge in [-0.1, -0.05) is 75.7 Å². The van der Waals surface area contributed by atoms with E-state index in [0.717, 1.165) is 10.4 Å². The Morgan fingerprint density at radius 2 is 1.03 bits per heavy atom. The van der Waals surface area contributed by atoms with E-state index in [1.807, 2.05) is 45.0 Å². The highest BCUT2D eigenvalue weighted by molar-refractivity contribution is 7.90. The van der Waals surface area contributed by atoms with Crippen molar-refractivity contribution in [1.82, 2.24) is 4.72 Å². The van der Waals surface area contributed by atoms with Crippen LogP contribution in [0.1, 0.15) is 20.8 Å². The van der Waals surface area contributed by atoms with E-state index in [9.17, 15) is 16.8 Å². The van der Waals surface area contributed by atoms with E-state index < -0.39 is 41.7 Å². The van der Waals surface area contributed by atoms with E-state index in [4.69, 9.17) is 5.14 Å². The molecule has 0 fully saturated rings. The number of nitrogens with two attached hydrogens (primary N) is 1. The molecular weight excluding hydrogens is 477 g/mol. The first-order chi connectivity index (χ1) is 14.2. The van der Waals surface area contributed by atoms with Gasteiger partial charge < -0.3 is 0 Å². The van der Waals surface area contributed by atoms with E-state index in [1.54, 1.807) is 24.3 Å². The largest absolute Gasteiger partial charge is 0.240 e. The maximum Gasteiger partial charge on any atom is 0.240 e. The van der Waals surface area contributed by atoms with Crippen LogP contribution >= 0.6 is 0 Å². The predicted molar refractivity (Wildman–Crippen MR) is 140 cm³/mol. The lowest BCUT2D eigenvalue weighted by molar-refractivity contribution is 0.492. The average Bonchev–Trinajstić information content (AvgIpc) is 2.58. The third kappa shape index (κ3) is 8.56. The molecule has 10 heteroatoms. The first kappa shape index (κ1) is 28.7. The molecule has 6 nitrogen and oxygen atoms in total. The van der Waals surface area contributed by atoms with Crippen molar-refractivity contribution in [3.8, 4) is 0 Å². The molecule has 3 N–H and O–H groups in total. The fraction of sp³-hybridized carbons (Fsp3) is 0.455. The second-order valence-corrected chi connectivity index (χ2v) is 24.2. The number of nitrogens with one attached hydrogen (secondary N) is 1. The highest BCUT2D eigenvalue weighted by atomic mass is 32.2. The lowest BCUT2D eigenvalue weighted by atomic mass is 10.1. The Balaban J connectivity index is 0.000000330. The number of benzene rings is 2. The molecule has 0 spiro atoms.